The van der Waals surface area contributed by atoms with Crippen LogP contribution in [0.2, 0.25) is 0 Å². The zero-order valence-electron chi connectivity index (χ0n) is 20.3. The molecular formula is C26H28N6O3. The van der Waals surface area contributed by atoms with E-state index in [1.165, 1.54) is 18.5 Å². The number of rotatable bonds is 5. The summed E-state index contributed by atoms with van der Waals surface area (Å²) in [6, 6.07) is 8.89. The standard InChI is InChI=1S/C26H28N6O3/c1-5-21-19(9-6-17-7-11-23(27)28-15-17)25(30-16-29-21)18-8-10-20(22(14-18)34-4)26(33)32-13-12-24(35-32)31(2)3/h7-8,10-11,14-16,24H,5,12-13H2,1-4H3,(H2,27,28)/t24-/m0/s1. The van der Waals surface area contributed by atoms with Gasteiger partial charge in [-0.25, -0.2) is 20.0 Å². The molecule has 1 aliphatic rings. The number of anilines is 1. The minimum absolute atomic E-state index is 0.130. The molecule has 0 saturated carbocycles. The summed E-state index contributed by atoms with van der Waals surface area (Å²) >= 11 is 0. The number of amides is 1. The molecule has 0 radical (unpaired) electrons. The first-order chi connectivity index (χ1) is 16.9. The summed E-state index contributed by atoms with van der Waals surface area (Å²) in [4.78, 5) is 33.9. The summed E-state index contributed by atoms with van der Waals surface area (Å²) in [5.41, 5.74) is 9.79. The molecule has 180 valence electrons. The Morgan fingerprint density at radius 3 is 2.71 bits per heavy atom. The normalized spacial score (nSPS) is 15.1. The Morgan fingerprint density at radius 1 is 1.23 bits per heavy atom. The first-order valence-electron chi connectivity index (χ1n) is 11.3. The number of hydroxylamine groups is 2. The molecule has 3 heterocycles. The van der Waals surface area contributed by atoms with Crippen molar-refractivity contribution in [2.75, 3.05) is 33.5 Å². The Morgan fingerprint density at radius 2 is 2.06 bits per heavy atom. The maximum atomic E-state index is 13.1. The molecule has 0 unspecified atom stereocenters. The molecule has 1 amide bonds. The van der Waals surface area contributed by atoms with E-state index < -0.39 is 0 Å². The fraction of sp³-hybridized carbons (Fsp3) is 0.308. The number of nitrogens with zero attached hydrogens (tertiary/aromatic N) is 5. The van der Waals surface area contributed by atoms with E-state index in [9.17, 15) is 4.79 Å². The van der Waals surface area contributed by atoms with Gasteiger partial charge in [-0.3, -0.25) is 14.5 Å². The number of aryl methyl sites for hydroxylation is 1. The second kappa shape index (κ2) is 10.5. The predicted octanol–water partition coefficient (Wildman–Crippen LogP) is 2.76. The third-order valence-electron chi connectivity index (χ3n) is 5.71. The van der Waals surface area contributed by atoms with Crippen molar-refractivity contribution in [2.24, 2.45) is 0 Å². The Kier molecular flexibility index (Phi) is 7.25. The Bertz CT molecular complexity index is 1280. The number of hydrogen-bond donors (Lipinski definition) is 1. The van der Waals surface area contributed by atoms with E-state index in [0.717, 1.165) is 23.2 Å². The summed E-state index contributed by atoms with van der Waals surface area (Å²) in [6.07, 6.45) is 4.45. The first-order valence-corrected chi connectivity index (χ1v) is 11.3. The molecule has 35 heavy (non-hydrogen) atoms. The van der Waals surface area contributed by atoms with E-state index in [1.54, 1.807) is 24.4 Å². The molecule has 2 N–H and O–H groups in total. The quantitative estimate of drug-likeness (QED) is 0.565. The average molecular weight is 473 g/mol. The number of aromatic nitrogens is 3. The molecule has 1 aromatic carbocycles. The number of ether oxygens (including phenoxy) is 1. The van der Waals surface area contributed by atoms with Gasteiger partial charge in [0.15, 0.2) is 0 Å². The number of benzene rings is 1. The lowest BCUT2D eigenvalue weighted by Gasteiger charge is -2.21. The van der Waals surface area contributed by atoms with Crippen molar-refractivity contribution < 1.29 is 14.4 Å². The van der Waals surface area contributed by atoms with Crippen LogP contribution in [0.4, 0.5) is 5.82 Å². The second-order valence-electron chi connectivity index (χ2n) is 8.25. The number of nitrogen functional groups attached to an aromatic ring is 1. The van der Waals surface area contributed by atoms with Crippen LogP contribution in [0.3, 0.4) is 0 Å². The largest absolute Gasteiger partial charge is 0.496 e. The fourth-order valence-corrected chi connectivity index (χ4v) is 3.79. The highest BCUT2D eigenvalue weighted by molar-refractivity contribution is 5.97. The van der Waals surface area contributed by atoms with Crippen LogP contribution in [0.25, 0.3) is 11.3 Å². The summed E-state index contributed by atoms with van der Waals surface area (Å²) < 4.78 is 5.59. The van der Waals surface area contributed by atoms with Crippen molar-refractivity contribution in [3.05, 3.63) is 65.2 Å². The summed E-state index contributed by atoms with van der Waals surface area (Å²) in [7, 11) is 5.38. The molecule has 9 heteroatoms. The van der Waals surface area contributed by atoms with Crippen LogP contribution in [-0.2, 0) is 11.3 Å². The van der Waals surface area contributed by atoms with E-state index in [4.69, 9.17) is 15.3 Å². The molecule has 0 spiro atoms. The number of pyridine rings is 1. The zero-order chi connectivity index (χ0) is 24.9. The maximum absolute atomic E-state index is 13.1. The molecule has 1 fully saturated rings. The van der Waals surface area contributed by atoms with Crippen molar-refractivity contribution >= 4 is 11.7 Å². The van der Waals surface area contributed by atoms with Crippen LogP contribution >= 0.6 is 0 Å². The average Bonchev–Trinajstić information content (AvgIpc) is 3.38. The molecule has 1 atom stereocenters. The van der Waals surface area contributed by atoms with E-state index in [1.807, 2.05) is 38.1 Å². The van der Waals surface area contributed by atoms with Gasteiger partial charge in [0.1, 0.15) is 24.1 Å². The molecule has 9 nitrogen and oxygen atoms in total. The van der Waals surface area contributed by atoms with Crippen LogP contribution in [0.15, 0.2) is 42.9 Å². The van der Waals surface area contributed by atoms with Gasteiger partial charge < -0.3 is 10.5 Å². The smallest absolute Gasteiger partial charge is 0.281 e. The summed E-state index contributed by atoms with van der Waals surface area (Å²) in [6.45, 7) is 2.53. The highest BCUT2D eigenvalue weighted by Crippen LogP contribution is 2.31. The van der Waals surface area contributed by atoms with Crippen molar-refractivity contribution in [1.29, 1.82) is 0 Å². The van der Waals surface area contributed by atoms with Crippen LogP contribution in [0.1, 0.15) is 40.5 Å². The number of hydrogen-bond acceptors (Lipinski definition) is 8. The van der Waals surface area contributed by atoms with Gasteiger partial charge in [0.2, 0.25) is 0 Å². The molecule has 2 aromatic heterocycles. The first kappa shape index (κ1) is 24.1. The van der Waals surface area contributed by atoms with Gasteiger partial charge in [0.25, 0.3) is 5.91 Å². The van der Waals surface area contributed by atoms with Gasteiger partial charge in [-0.05, 0) is 44.8 Å². The molecule has 0 aliphatic carbocycles. The molecule has 1 saturated heterocycles. The minimum Gasteiger partial charge on any atom is -0.496 e. The fourth-order valence-electron chi connectivity index (χ4n) is 3.79. The zero-order valence-corrected chi connectivity index (χ0v) is 20.3. The van der Waals surface area contributed by atoms with Crippen molar-refractivity contribution in [2.45, 2.75) is 26.0 Å². The van der Waals surface area contributed by atoms with E-state index >= 15 is 0 Å². The lowest BCUT2D eigenvalue weighted by atomic mass is 10.0. The highest BCUT2D eigenvalue weighted by Gasteiger charge is 2.31. The minimum atomic E-state index is -0.245. The molecular weight excluding hydrogens is 444 g/mol. The van der Waals surface area contributed by atoms with Crippen LogP contribution < -0.4 is 10.5 Å². The van der Waals surface area contributed by atoms with Gasteiger partial charge in [-0.2, -0.15) is 0 Å². The van der Waals surface area contributed by atoms with Gasteiger partial charge >= 0.3 is 0 Å². The lowest BCUT2D eigenvalue weighted by molar-refractivity contribution is -0.150. The van der Waals surface area contributed by atoms with Crippen LogP contribution in [0.5, 0.6) is 5.75 Å². The summed E-state index contributed by atoms with van der Waals surface area (Å²) in [5.74, 6) is 6.95. The third-order valence-corrected chi connectivity index (χ3v) is 5.71. The number of carbonyl (C=O) groups excluding carboxylic acids is 1. The van der Waals surface area contributed by atoms with E-state index in [-0.39, 0.29) is 12.1 Å². The molecule has 4 rings (SSSR count). The number of methoxy groups -OCH3 is 1. The van der Waals surface area contributed by atoms with Gasteiger partial charge in [0.05, 0.1) is 36.2 Å². The molecule has 0 bridgehead atoms. The summed E-state index contributed by atoms with van der Waals surface area (Å²) in [5, 5.41) is 1.39. The van der Waals surface area contributed by atoms with Crippen molar-refractivity contribution in [3.8, 4) is 28.8 Å². The lowest BCUT2D eigenvalue weighted by Crippen LogP contribution is -2.32. The molecule has 1 aliphatic heterocycles. The Balaban J connectivity index is 1.69. The highest BCUT2D eigenvalue weighted by atomic mass is 16.7. The third kappa shape index (κ3) is 5.24. The topological polar surface area (TPSA) is 107 Å². The van der Waals surface area contributed by atoms with Gasteiger partial charge in [-0.1, -0.05) is 24.8 Å². The van der Waals surface area contributed by atoms with Gasteiger partial charge in [0, 0.05) is 23.7 Å². The van der Waals surface area contributed by atoms with Gasteiger partial charge in [-0.15, -0.1) is 0 Å². The van der Waals surface area contributed by atoms with E-state index in [2.05, 4.69) is 26.8 Å². The Hall–Kier alpha value is -4.00. The van der Waals surface area contributed by atoms with Crippen LogP contribution in [-0.4, -0.2) is 64.8 Å². The molecule has 3 aromatic rings. The monoisotopic (exact) mass is 472 g/mol. The second-order valence-corrected chi connectivity index (χ2v) is 8.25. The maximum Gasteiger partial charge on any atom is 0.281 e. The van der Waals surface area contributed by atoms with Crippen molar-refractivity contribution in [1.82, 2.24) is 24.9 Å². The Labute approximate surface area is 204 Å². The van der Waals surface area contributed by atoms with Crippen molar-refractivity contribution in [3.63, 3.8) is 0 Å². The number of carbonyl (C=O) groups is 1. The predicted molar refractivity (Wildman–Crippen MR) is 132 cm³/mol. The van der Waals surface area contributed by atoms with E-state index in [0.29, 0.717) is 41.4 Å². The SMILES string of the molecule is CCc1ncnc(-c2ccc(C(=O)N3CC[C@@H](N(C)C)O3)c(OC)c2)c1C#Cc1ccc(N)nc1. The van der Waals surface area contributed by atoms with Crippen LogP contribution in [0, 0.1) is 11.8 Å². The number of nitrogens with two attached hydrogens (primary N) is 1.